The van der Waals surface area contributed by atoms with Crippen LogP contribution >= 0.6 is 17.7 Å². The van der Waals surface area contributed by atoms with Crippen LogP contribution in [0.15, 0.2) is 115 Å². The van der Waals surface area contributed by atoms with Crippen LogP contribution in [-0.4, -0.2) is 0 Å². The number of hydrogen-bond acceptors (Lipinski definition) is 2. The molecule has 2 atom stereocenters. The molecule has 31 heavy (non-hydrogen) atoms. The van der Waals surface area contributed by atoms with E-state index in [-0.39, 0.29) is 11.3 Å². The van der Waals surface area contributed by atoms with Crippen LogP contribution in [0.3, 0.4) is 0 Å². The van der Waals surface area contributed by atoms with Crippen molar-refractivity contribution in [2.45, 2.75) is 11.3 Å². The Kier molecular flexibility index (Phi) is 4.52. The number of allylic oxidation sites excluding steroid dienone is 1. The van der Waals surface area contributed by atoms with E-state index in [1.165, 1.54) is 22.3 Å². The fraction of sp³-hybridized carbons (Fsp3) is 0.0714. The van der Waals surface area contributed by atoms with Crippen molar-refractivity contribution in [1.82, 2.24) is 0 Å². The van der Waals surface area contributed by atoms with Crippen molar-refractivity contribution in [2.75, 3.05) is 0 Å². The van der Waals surface area contributed by atoms with E-state index < -0.39 is 6.34 Å². The van der Waals surface area contributed by atoms with Gasteiger partial charge in [0, 0.05) is 4.91 Å². The highest BCUT2D eigenvalue weighted by molar-refractivity contribution is 8.63. The molecule has 0 radical (unpaired) electrons. The molecule has 6 rings (SSSR count). The van der Waals surface area contributed by atoms with E-state index >= 15 is 4.57 Å². The van der Waals surface area contributed by atoms with Crippen LogP contribution in [0.25, 0.3) is 16.0 Å². The van der Waals surface area contributed by atoms with Gasteiger partial charge < -0.3 is 4.57 Å². The van der Waals surface area contributed by atoms with Gasteiger partial charge in [0.1, 0.15) is 0 Å². The number of rotatable bonds is 3. The van der Waals surface area contributed by atoms with E-state index in [4.69, 9.17) is 0 Å². The zero-order valence-corrected chi connectivity index (χ0v) is 18.6. The van der Waals surface area contributed by atoms with Crippen LogP contribution in [0.4, 0.5) is 0 Å². The summed E-state index contributed by atoms with van der Waals surface area (Å²) < 4.78 is 15.2. The molecule has 0 saturated heterocycles. The summed E-state index contributed by atoms with van der Waals surface area (Å²) in [6, 6.07) is 37.7. The van der Waals surface area contributed by atoms with Gasteiger partial charge in [-0.05, 0) is 33.4 Å². The van der Waals surface area contributed by atoms with Gasteiger partial charge in [0.2, 0.25) is 0 Å². The van der Waals surface area contributed by atoms with Crippen molar-refractivity contribution >= 4 is 22.6 Å². The summed E-state index contributed by atoms with van der Waals surface area (Å²) in [4.78, 5) is 1.12. The molecular weight excluding hydrogens is 415 g/mol. The molecule has 0 amide bonds. The monoisotopic (exact) mass is 436 g/mol. The SMILES string of the molecule is O=P1(C2c3ccccc3-c3ccccc32)SC(c2ccccc2)=C[C@H]1c1ccccc1. The van der Waals surface area contributed by atoms with Gasteiger partial charge in [0.25, 0.3) is 0 Å². The molecule has 1 heterocycles. The maximum atomic E-state index is 15.2. The van der Waals surface area contributed by atoms with Gasteiger partial charge in [-0.15, -0.1) is 0 Å². The summed E-state index contributed by atoms with van der Waals surface area (Å²) in [5.41, 5.74) is 6.90. The third-order valence-electron chi connectivity index (χ3n) is 6.30. The Morgan fingerprint density at radius 1 is 0.613 bits per heavy atom. The quantitative estimate of drug-likeness (QED) is 0.299. The zero-order chi connectivity index (χ0) is 20.8. The standard InChI is InChI=1S/C28H21OPS/c29-30(28-24-17-9-7-15-22(24)23-16-8-10-18-25(23)28)26(20-11-3-1-4-12-20)19-27(31-30)21-13-5-2-6-14-21/h1-19,26,28H/t26-,30?/m0/s1. The highest BCUT2D eigenvalue weighted by Gasteiger charge is 2.50. The lowest BCUT2D eigenvalue weighted by Crippen LogP contribution is -2.02. The molecule has 1 aliphatic carbocycles. The summed E-state index contributed by atoms with van der Waals surface area (Å²) in [5, 5.41) is 0. The van der Waals surface area contributed by atoms with Gasteiger partial charge in [-0.2, -0.15) is 0 Å². The first-order chi connectivity index (χ1) is 15.3. The van der Waals surface area contributed by atoms with Crippen molar-refractivity contribution in [2.24, 2.45) is 0 Å². The third kappa shape index (κ3) is 2.97. The fourth-order valence-corrected chi connectivity index (χ4v) is 11.8. The normalized spacial score (nSPS) is 22.1. The molecule has 0 bridgehead atoms. The Labute approximate surface area is 187 Å². The Bertz CT molecular complexity index is 1300. The number of hydrogen-bond donors (Lipinski definition) is 0. The third-order valence-corrected chi connectivity index (χ3v) is 12.4. The second kappa shape index (κ2) is 7.41. The van der Waals surface area contributed by atoms with Crippen molar-refractivity contribution < 1.29 is 4.57 Å². The molecular formula is C28H21OPS. The summed E-state index contributed by atoms with van der Waals surface area (Å²) in [6.45, 7) is 0. The van der Waals surface area contributed by atoms with Crippen molar-refractivity contribution in [1.29, 1.82) is 0 Å². The van der Waals surface area contributed by atoms with E-state index in [0.29, 0.717) is 0 Å². The first-order valence-corrected chi connectivity index (χ1v) is 13.8. The minimum atomic E-state index is -2.81. The molecule has 1 aliphatic heterocycles. The minimum Gasteiger partial charge on any atom is -0.310 e. The zero-order valence-electron chi connectivity index (χ0n) is 16.9. The molecule has 0 N–H and O–H groups in total. The van der Waals surface area contributed by atoms with Crippen LogP contribution in [0, 0.1) is 0 Å². The van der Waals surface area contributed by atoms with Gasteiger partial charge in [-0.1, -0.05) is 127 Å². The Morgan fingerprint density at radius 2 is 1.13 bits per heavy atom. The highest BCUT2D eigenvalue weighted by atomic mass is 32.7. The highest BCUT2D eigenvalue weighted by Crippen LogP contribution is 2.86. The Morgan fingerprint density at radius 3 is 1.74 bits per heavy atom. The number of fused-ring (bicyclic) bond motifs is 3. The van der Waals surface area contributed by atoms with E-state index in [2.05, 4.69) is 103 Å². The van der Waals surface area contributed by atoms with Gasteiger partial charge in [0.05, 0.1) is 11.3 Å². The molecule has 150 valence electrons. The average molecular weight is 437 g/mol. The van der Waals surface area contributed by atoms with Crippen LogP contribution in [0.2, 0.25) is 0 Å². The van der Waals surface area contributed by atoms with Gasteiger partial charge in [-0.25, -0.2) is 0 Å². The van der Waals surface area contributed by atoms with Gasteiger partial charge in [0.15, 0.2) is 6.34 Å². The maximum absolute atomic E-state index is 15.2. The second-order valence-corrected chi connectivity index (χ2v) is 13.3. The second-order valence-electron chi connectivity index (χ2n) is 8.07. The van der Waals surface area contributed by atoms with E-state index in [0.717, 1.165) is 16.0 Å². The van der Waals surface area contributed by atoms with Crippen molar-refractivity contribution in [3.63, 3.8) is 0 Å². The van der Waals surface area contributed by atoms with E-state index in [9.17, 15) is 0 Å². The molecule has 3 heteroatoms. The number of benzene rings is 4. The summed E-state index contributed by atoms with van der Waals surface area (Å²) in [7, 11) is 0. The molecule has 4 aromatic carbocycles. The molecule has 0 fully saturated rings. The Hall–Kier alpha value is -2.80. The Balaban J connectivity index is 1.56. The molecule has 0 saturated carbocycles. The molecule has 1 unspecified atom stereocenters. The molecule has 4 aromatic rings. The van der Waals surface area contributed by atoms with Crippen molar-refractivity contribution in [3.05, 3.63) is 138 Å². The fourth-order valence-electron chi connectivity index (χ4n) is 4.92. The lowest BCUT2D eigenvalue weighted by atomic mass is 10.1. The molecule has 2 aliphatic rings. The minimum absolute atomic E-state index is 0.104. The summed E-state index contributed by atoms with van der Waals surface area (Å²) in [5.74, 6) is 0. The molecule has 1 nitrogen and oxygen atoms in total. The van der Waals surface area contributed by atoms with E-state index in [1.807, 2.05) is 12.1 Å². The van der Waals surface area contributed by atoms with Crippen LogP contribution in [0.5, 0.6) is 0 Å². The van der Waals surface area contributed by atoms with Crippen LogP contribution in [-0.2, 0) is 4.57 Å². The smallest absolute Gasteiger partial charge is 0.165 e. The molecule has 0 aromatic heterocycles. The van der Waals surface area contributed by atoms with Crippen molar-refractivity contribution in [3.8, 4) is 11.1 Å². The predicted octanol–water partition coefficient (Wildman–Crippen LogP) is 8.56. The van der Waals surface area contributed by atoms with Crippen LogP contribution in [0.1, 0.15) is 33.6 Å². The predicted molar refractivity (Wildman–Crippen MR) is 133 cm³/mol. The maximum Gasteiger partial charge on any atom is 0.165 e. The first kappa shape index (κ1) is 18.9. The first-order valence-electron chi connectivity index (χ1n) is 10.5. The lowest BCUT2D eigenvalue weighted by Gasteiger charge is -2.27. The summed E-state index contributed by atoms with van der Waals surface area (Å²) >= 11 is 1.61. The molecule has 0 spiro atoms. The lowest BCUT2D eigenvalue weighted by molar-refractivity contribution is 0.577. The van der Waals surface area contributed by atoms with Gasteiger partial charge in [-0.3, -0.25) is 0 Å². The summed E-state index contributed by atoms with van der Waals surface area (Å²) in [6.07, 6.45) is -0.562. The largest absolute Gasteiger partial charge is 0.310 e. The van der Waals surface area contributed by atoms with Crippen LogP contribution < -0.4 is 0 Å². The van der Waals surface area contributed by atoms with Gasteiger partial charge >= 0.3 is 0 Å². The van der Waals surface area contributed by atoms with E-state index in [1.54, 1.807) is 11.4 Å². The topological polar surface area (TPSA) is 17.1 Å². The average Bonchev–Trinajstić information content (AvgIpc) is 3.36.